The zero-order valence-electron chi connectivity index (χ0n) is 29.2. The molecule has 0 N–H and O–H groups in total. The fraction of sp³-hybridized carbons (Fsp3) is 0.167. The van der Waals surface area contributed by atoms with E-state index in [1.54, 1.807) is 0 Å². The molecule has 0 radical (unpaired) electrons. The van der Waals surface area contributed by atoms with E-state index in [2.05, 4.69) is 152 Å². The lowest BCUT2D eigenvalue weighted by Crippen LogP contribution is -1.94. The van der Waals surface area contributed by atoms with Gasteiger partial charge in [-0.25, -0.2) is 0 Å². The number of rotatable bonds is 0. The molecule has 0 aliphatic heterocycles. The van der Waals surface area contributed by atoms with Crippen molar-refractivity contribution in [3.05, 3.63) is 142 Å². The van der Waals surface area contributed by atoms with Crippen LogP contribution >= 0.6 is 0 Å². The van der Waals surface area contributed by atoms with Crippen molar-refractivity contribution in [2.75, 3.05) is 0 Å². The summed E-state index contributed by atoms with van der Waals surface area (Å²) in [4.78, 5) is 0. The number of hydrogen-bond donors (Lipinski definition) is 0. The molecule has 0 unspecified atom stereocenters. The second kappa shape index (κ2) is 10.1. The highest BCUT2D eigenvalue weighted by Crippen LogP contribution is 2.45. The lowest BCUT2D eigenvalue weighted by molar-refractivity contribution is 1.39. The number of hydrogen-bond acceptors (Lipinski definition) is 0. The topological polar surface area (TPSA) is 0 Å². The minimum atomic E-state index is 1.36. The van der Waals surface area contributed by atoms with Crippen LogP contribution in [0.1, 0.15) is 44.5 Å². The molecule has 0 aromatic heterocycles. The van der Waals surface area contributed by atoms with Crippen molar-refractivity contribution < 1.29 is 0 Å². The van der Waals surface area contributed by atoms with Gasteiger partial charge in [0, 0.05) is 0 Å². The van der Waals surface area contributed by atoms with E-state index < -0.39 is 0 Å². The van der Waals surface area contributed by atoms with Crippen molar-refractivity contribution in [2.24, 2.45) is 0 Å². The van der Waals surface area contributed by atoms with E-state index in [4.69, 9.17) is 0 Å². The lowest BCUT2D eigenvalue weighted by Gasteiger charge is -2.19. The van der Waals surface area contributed by atoms with Crippen molar-refractivity contribution in [1.29, 1.82) is 0 Å². The summed E-state index contributed by atoms with van der Waals surface area (Å²) in [5, 5.41) is 22.5. The predicted molar refractivity (Wildman–Crippen MR) is 213 cm³/mol. The standard InChI is InChI=1S/2C24H20/c1-13-5-9-17-19-11-7-15(3)22-16(4)8-12-20(24(19)22)18-10-6-14(2)21(13)23(17)18;1-13-11-17-7-5-10-20-22-16(4)14(2)12-18-8-6-9-19(24(18)22)21(15(13)3)23(17)20/h2*5-12H,1-4H3. The minimum absolute atomic E-state index is 1.36. The third kappa shape index (κ3) is 3.78. The van der Waals surface area contributed by atoms with E-state index in [9.17, 15) is 0 Å². The van der Waals surface area contributed by atoms with Gasteiger partial charge in [-0.2, -0.15) is 0 Å². The Bertz CT molecular complexity index is 2660. The summed E-state index contributed by atoms with van der Waals surface area (Å²) in [6.45, 7) is 17.9. The van der Waals surface area contributed by atoms with Crippen molar-refractivity contribution in [1.82, 2.24) is 0 Å². The predicted octanol–water partition coefficient (Wildman–Crippen LogP) is 13.9. The Labute approximate surface area is 282 Å². The van der Waals surface area contributed by atoms with E-state index in [0.29, 0.717) is 0 Å². The van der Waals surface area contributed by atoms with Crippen LogP contribution < -0.4 is 0 Å². The molecule has 10 aromatic carbocycles. The Morgan fingerprint density at radius 1 is 0.250 bits per heavy atom. The zero-order valence-corrected chi connectivity index (χ0v) is 29.2. The average molecular weight is 617 g/mol. The van der Waals surface area contributed by atoms with Gasteiger partial charge >= 0.3 is 0 Å². The van der Waals surface area contributed by atoms with Crippen LogP contribution in [0.5, 0.6) is 0 Å². The van der Waals surface area contributed by atoms with Crippen LogP contribution in [0.4, 0.5) is 0 Å². The lowest BCUT2D eigenvalue weighted by atomic mass is 9.84. The molecule has 0 bridgehead atoms. The average Bonchev–Trinajstić information content (AvgIpc) is 3.07. The number of aryl methyl sites for hydroxylation is 8. The molecule has 0 aliphatic rings. The molecule has 0 atom stereocenters. The number of fused-ring (bicyclic) bond motifs is 4. The maximum Gasteiger partial charge on any atom is -0.00210 e. The van der Waals surface area contributed by atoms with Gasteiger partial charge in [0.1, 0.15) is 0 Å². The first-order chi connectivity index (χ1) is 23.2. The highest BCUT2D eigenvalue weighted by Gasteiger charge is 2.18. The first-order valence-corrected chi connectivity index (χ1v) is 17.3. The largest absolute Gasteiger partial charge is 0.0610 e. The Kier molecular flexibility index (Phi) is 6.13. The van der Waals surface area contributed by atoms with E-state index in [0.717, 1.165) is 0 Å². The molecular formula is C48H40. The summed E-state index contributed by atoms with van der Waals surface area (Å²) < 4.78 is 0. The van der Waals surface area contributed by atoms with E-state index in [-0.39, 0.29) is 0 Å². The summed E-state index contributed by atoms with van der Waals surface area (Å²) in [5.41, 5.74) is 11.0. The second-order valence-electron chi connectivity index (χ2n) is 14.4. The van der Waals surface area contributed by atoms with E-state index in [1.165, 1.54) is 131 Å². The summed E-state index contributed by atoms with van der Waals surface area (Å²) in [6.07, 6.45) is 0. The van der Waals surface area contributed by atoms with Crippen LogP contribution in [0, 0.1) is 55.4 Å². The molecule has 232 valence electrons. The van der Waals surface area contributed by atoms with Gasteiger partial charge in [0.2, 0.25) is 0 Å². The van der Waals surface area contributed by atoms with Crippen LogP contribution in [0.3, 0.4) is 0 Å². The van der Waals surface area contributed by atoms with Gasteiger partial charge in [0.05, 0.1) is 0 Å². The van der Waals surface area contributed by atoms with Gasteiger partial charge in [-0.3, -0.25) is 0 Å². The highest BCUT2D eigenvalue weighted by atomic mass is 14.2. The number of benzene rings is 10. The molecule has 0 nitrogen and oxygen atoms in total. The molecule has 10 rings (SSSR count). The Morgan fingerprint density at radius 2 is 0.583 bits per heavy atom. The van der Waals surface area contributed by atoms with Crippen molar-refractivity contribution >= 4 is 86.2 Å². The quantitative estimate of drug-likeness (QED) is 0.117. The zero-order chi connectivity index (χ0) is 33.2. The van der Waals surface area contributed by atoms with Crippen molar-refractivity contribution in [3.8, 4) is 0 Å². The summed E-state index contributed by atoms with van der Waals surface area (Å²) >= 11 is 0. The highest BCUT2D eigenvalue weighted by molar-refractivity contribution is 6.35. The molecule has 0 saturated heterocycles. The Balaban J connectivity index is 0.000000131. The molecule has 0 heteroatoms. The summed E-state index contributed by atoms with van der Waals surface area (Å²) in [6, 6.07) is 36.6. The van der Waals surface area contributed by atoms with Gasteiger partial charge < -0.3 is 0 Å². The van der Waals surface area contributed by atoms with Crippen molar-refractivity contribution in [2.45, 2.75) is 55.4 Å². The third-order valence-corrected chi connectivity index (χ3v) is 11.6. The normalized spacial score (nSPS) is 12.2. The fourth-order valence-electron chi connectivity index (χ4n) is 9.12. The molecule has 0 aliphatic carbocycles. The molecule has 0 fully saturated rings. The first kappa shape index (κ1) is 29.0. The monoisotopic (exact) mass is 616 g/mol. The Hall–Kier alpha value is -5.20. The molecule has 0 saturated carbocycles. The first-order valence-electron chi connectivity index (χ1n) is 17.3. The van der Waals surface area contributed by atoms with Crippen LogP contribution in [-0.4, -0.2) is 0 Å². The van der Waals surface area contributed by atoms with Crippen LogP contribution in [0.2, 0.25) is 0 Å². The van der Waals surface area contributed by atoms with Gasteiger partial charge in [-0.1, -0.05) is 97.1 Å². The summed E-state index contributed by atoms with van der Waals surface area (Å²) in [5.74, 6) is 0. The fourth-order valence-corrected chi connectivity index (χ4v) is 9.12. The van der Waals surface area contributed by atoms with Crippen LogP contribution in [-0.2, 0) is 0 Å². The van der Waals surface area contributed by atoms with Gasteiger partial charge in [-0.05, 0) is 186 Å². The SMILES string of the molecule is Cc1cc2cccc3c4c(C)c(C)cc5cccc(c(c1C)c23)c54.Cc1ccc2c3ccc(C)c4c(C)ccc(c5ccc(C)c1c25)c43. The molecular weight excluding hydrogens is 577 g/mol. The Morgan fingerprint density at radius 3 is 0.917 bits per heavy atom. The molecule has 0 heterocycles. The van der Waals surface area contributed by atoms with E-state index in [1.807, 2.05) is 0 Å². The summed E-state index contributed by atoms with van der Waals surface area (Å²) in [7, 11) is 0. The van der Waals surface area contributed by atoms with Crippen LogP contribution in [0.25, 0.3) is 86.2 Å². The maximum atomic E-state index is 2.34. The van der Waals surface area contributed by atoms with Gasteiger partial charge in [0.25, 0.3) is 0 Å². The third-order valence-electron chi connectivity index (χ3n) is 11.6. The minimum Gasteiger partial charge on any atom is -0.0610 e. The molecule has 10 aromatic rings. The van der Waals surface area contributed by atoms with Crippen molar-refractivity contribution in [3.63, 3.8) is 0 Å². The van der Waals surface area contributed by atoms with Gasteiger partial charge in [0.15, 0.2) is 0 Å². The second-order valence-corrected chi connectivity index (χ2v) is 14.4. The molecule has 0 amide bonds. The molecule has 48 heavy (non-hydrogen) atoms. The van der Waals surface area contributed by atoms with E-state index >= 15 is 0 Å². The smallest absolute Gasteiger partial charge is 0.00210 e. The van der Waals surface area contributed by atoms with Gasteiger partial charge in [-0.15, -0.1) is 0 Å². The maximum absolute atomic E-state index is 2.34. The molecule has 0 spiro atoms. The van der Waals surface area contributed by atoms with Crippen LogP contribution in [0.15, 0.2) is 97.1 Å².